The fourth-order valence-corrected chi connectivity index (χ4v) is 3.31. The number of nitrogens with zero attached hydrogens (tertiary/aromatic N) is 5. The molecule has 1 aliphatic heterocycles. The van der Waals surface area contributed by atoms with E-state index in [1.807, 2.05) is 32.3 Å². The molecule has 0 radical (unpaired) electrons. The Balaban J connectivity index is 1.67. The predicted molar refractivity (Wildman–Crippen MR) is 93.8 cm³/mol. The number of anilines is 1. The van der Waals surface area contributed by atoms with Gasteiger partial charge in [-0.05, 0) is 18.1 Å². The average Bonchev–Trinajstić information content (AvgIpc) is 3.12. The summed E-state index contributed by atoms with van der Waals surface area (Å²) in [6, 6.07) is 5.86. The molecule has 0 aliphatic carbocycles. The number of halogens is 1. The van der Waals surface area contributed by atoms with E-state index >= 15 is 0 Å². The molecule has 6 nitrogen and oxygen atoms in total. The van der Waals surface area contributed by atoms with Crippen molar-refractivity contribution >= 4 is 23.3 Å². The summed E-state index contributed by atoms with van der Waals surface area (Å²) in [5, 5.41) is 0.571. The molecular weight excluding hydrogens is 326 g/mol. The first kappa shape index (κ1) is 16.8. The van der Waals surface area contributed by atoms with Gasteiger partial charge in [0.1, 0.15) is 16.8 Å². The lowest BCUT2D eigenvalue weighted by molar-refractivity contribution is -0.135. The Kier molecular flexibility index (Phi) is 4.76. The first-order chi connectivity index (χ1) is 11.5. The number of rotatable bonds is 4. The van der Waals surface area contributed by atoms with Crippen molar-refractivity contribution in [2.45, 2.75) is 13.5 Å². The molecule has 0 spiro atoms. The van der Waals surface area contributed by atoms with Gasteiger partial charge in [0.05, 0.1) is 18.7 Å². The number of carbonyl (C=O) groups is 1. The highest BCUT2D eigenvalue weighted by molar-refractivity contribution is 6.29. The van der Waals surface area contributed by atoms with Crippen LogP contribution in [0.3, 0.4) is 0 Å². The van der Waals surface area contributed by atoms with Crippen LogP contribution in [0.1, 0.15) is 12.7 Å². The number of imidazole rings is 1. The van der Waals surface area contributed by atoms with Crippen LogP contribution < -0.4 is 4.90 Å². The molecular formula is C17H22ClN5O. The summed E-state index contributed by atoms with van der Waals surface area (Å²) < 4.78 is 1.80. The minimum atomic E-state index is -0.0345. The summed E-state index contributed by atoms with van der Waals surface area (Å²) in [7, 11) is 3.67. The van der Waals surface area contributed by atoms with Crippen LogP contribution in [-0.2, 0) is 18.4 Å². The predicted octanol–water partition coefficient (Wildman–Crippen LogP) is 2.20. The number of hydrogen-bond acceptors (Lipinski definition) is 4. The molecule has 0 N–H and O–H groups in total. The van der Waals surface area contributed by atoms with Gasteiger partial charge in [-0.15, -0.1) is 0 Å². The van der Waals surface area contributed by atoms with E-state index in [9.17, 15) is 4.79 Å². The third-order valence-corrected chi connectivity index (χ3v) is 5.04. The highest BCUT2D eigenvalue weighted by Gasteiger charge is 2.36. The number of pyridine rings is 1. The van der Waals surface area contributed by atoms with Crippen LogP contribution in [0, 0.1) is 11.8 Å². The molecule has 7 heteroatoms. The van der Waals surface area contributed by atoms with E-state index < -0.39 is 0 Å². The van der Waals surface area contributed by atoms with Gasteiger partial charge in [-0.3, -0.25) is 4.79 Å². The van der Waals surface area contributed by atoms with Gasteiger partial charge >= 0.3 is 0 Å². The number of amides is 1. The smallest absolute Gasteiger partial charge is 0.227 e. The second-order valence-corrected chi connectivity index (χ2v) is 6.81. The van der Waals surface area contributed by atoms with Crippen LogP contribution in [0.15, 0.2) is 30.6 Å². The molecule has 0 aromatic carbocycles. The Morgan fingerprint density at radius 2 is 2.17 bits per heavy atom. The Hall–Kier alpha value is -2.08. The lowest BCUT2D eigenvalue weighted by Gasteiger charge is -2.23. The van der Waals surface area contributed by atoms with Crippen LogP contribution in [0.25, 0.3) is 0 Å². The zero-order chi connectivity index (χ0) is 17.3. The Morgan fingerprint density at radius 1 is 1.38 bits per heavy atom. The van der Waals surface area contributed by atoms with E-state index in [4.69, 9.17) is 11.6 Å². The minimum absolute atomic E-state index is 0.0345. The zero-order valence-corrected chi connectivity index (χ0v) is 14.9. The third-order valence-electron chi connectivity index (χ3n) is 4.69. The van der Waals surface area contributed by atoms with Crippen molar-refractivity contribution in [1.29, 1.82) is 0 Å². The largest absolute Gasteiger partial charge is 0.356 e. The second-order valence-electron chi connectivity index (χ2n) is 6.43. The zero-order valence-electron chi connectivity index (χ0n) is 14.2. The van der Waals surface area contributed by atoms with Crippen LogP contribution in [0.2, 0.25) is 5.15 Å². The average molecular weight is 348 g/mol. The molecule has 1 saturated heterocycles. The molecule has 3 rings (SSSR count). The van der Waals surface area contributed by atoms with E-state index in [0.29, 0.717) is 18.2 Å². The quantitative estimate of drug-likeness (QED) is 0.850. The van der Waals surface area contributed by atoms with E-state index in [1.165, 1.54) is 0 Å². The molecule has 1 aliphatic rings. The summed E-state index contributed by atoms with van der Waals surface area (Å²) in [6.07, 6.45) is 3.39. The normalized spacial score (nSPS) is 20.4. The van der Waals surface area contributed by atoms with Crippen molar-refractivity contribution in [3.05, 3.63) is 41.6 Å². The molecule has 2 aromatic rings. The van der Waals surface area contributed by atoms with Crippen molar-refractivity contribution in [2.75, 3.05) is 25.0 Å². The van der Waals surface area contributed by atoms with Gasteiger partial charge in [0, 0.05) is 33.4 Å². The first-order valence-corrected chi connectivity index (χ1v) is 8.42. The van der Waals surface area contributed by atoms with E-state index in [1.54, 1.807) is 21.9 Å². The van der Waals surface area contributed by atoms with Gasteiger partial charge in [0.15, 0.2) is 0 Å². The molecule has 0 saturated carbocycles. The van der Waals surface area contributed by atoms with Gasteiger partial charge in [-0.25, -0.2) is 9.97 Å². The lowest BCUT2D eigenvalue weighted by atomic mass is 9.97. The lowest BCUT2D eigenvalue weighted by Crippen LogP contribution is -2.36. The first-order valence-electron chi connectivity index (χ1n) is 8.04. The Morgan fingerprint density at radius 3 is 2.79 bits per heavy atom. The number of aromatic nitrogens is 3. The fourth-order valence-electron chi connectivity index (χ4n) is 3.16. The topological polar surface area (TPSA) is 54.3 Å². The molecule has 0 unspecified atom stereocenters. The van der Waals surface area contributed by atoms with Gasteiger partial charge in [-0.1, -0.05) is 24.6 Å². The maximum atomic E-state index is 12.9. The monoisotopic (exact) mass is 347 g/mol. The standard InChI is InChI=1S/C17H22ClN5O/c1-12-9-23(15-6-4-5-7-19-15)10-13(12)17(24)21(2)11-16-20-8-14(18)22(16)3/h4-8,12-13H,9-11H2,1-3H3/t12-,13-/m1/s1. The molecule has 24 heavy (non-hydrogen) atoms. The summed E-state index contributed by atoms with van der Waals surface area (Å²) >= 11 is 6.01. The minimum Gasteiger partial charge on any atom is -0.356 e. The van der Waals surface area contributed by atoms with Crippen LogP contribution in [0.4, 0.5) is 5.82 Å². The molecule has 128 valence electrons. The SMILES string of the molecule is C[C@@H]1CN(c2ccccn2)C[C@H]1C(=O)N(C)Cc1ncc(Cl)n1C. The van der Waals surface area contributed by atoms with Crippen molar-refractivity contribution in [1.82, 2.24) is 19.4 Å². The second kappa shape index (κ2) is 6.81. The van der Waals surface area contributed by atoms with Gasteiger partial charge in [-0.2, -0.15) is 0 Å². The Bertz CT molecular complexity index is 717. The molecule has 0 bridgehead atoms. The van der Waals surface area contributed by atoms with Crippen molar-refractivity contribution in [3.63, 3.8) is 0 Å². The maximum Gasteiger partial charge on any atom is 0.227 e. The molecule has 2 atom stereocenters. The van der Waals surface area contributed by atoms with Crippen molar-refractivity contribution < 1.29 is 4.79 Å². The molecule has 2 aromatic heterocycles. The highest BCUT2D eigenvalue weighted by atomic mass is 35.5. The van der Waals surface area contributed by atoms with E-state index in [0.717, 1.165) is 18.2 Å². The molecule has 1 fully saturated rings. The summed E-state index contributed by atoms with van der Waals surface area (Å²) in [4.78, 5) is 25.4. The van der Waals surface area contributed by atoms with Crippen LogP contribution in [-0.4, -0.2) is 45.5 Å². The van der Waals surface area contributed by atoms with E-state index in [-0.39, 0.29) is 17.7 Å². The van der Waals surface area contributed by atoms with Crippen molar-refractivity contribution in [2.24, 2.45) is 18.9 Å². The Labute approximate surface area is 147 Å². The van der Waals surface area contributed by atoms with Crippen LogP contribution in [0.5, 0.6) is 0 Å². The molecule has 3 heterocycles. The van der Waals surface area contributed by atoms with E-state index in [2.05, 4.69) is 21.8 Å². The van der Waals surface area contributed by atoms with Crippen LogP contribution >= 0.6 is 11.6 Å². The number of hydrogen-bond donors (Lipinski definition) is 0. The third kappa shape index (κ3) is 3.24. The maximum absolute atomic E-state index is 12.9. The summed E-state index contributed by atoms with van der Waals surface area (Å²) in [6.45, 7) is 4.12. The summed E-state index contributed by atoms with van der Waals surface area (Å²) in [5.41, 5.74) is 0. The van der Waals surface area contributed by atoms with Gasteiger partial charge < -0.3 is 14.4 Å². The summed E-state index contributed by atoms with van der Waals surface area (Å²) in [5.74, 6) is 2.10. The highest BCUT2D eigenvalue weighted by Crippen LogP contribution is 2.28. The van der Waals surface area contributed by atoms with Crippen molar-refractivity contribution in [3.8, 4) is 0 Å². The fraction of sp³-hybridized carbons (Fsp3) is 0.471. The van der Waals surface area contributed by atoms with Gasteiger partial charge in [0.25, 0.3) is 0 Å². The van der Waals surface area contributed by atoms with Gasteiger partial charge in [0.2, 0.25) is 5.91 Å². The number of carbonyl (C=O) groups excluding carboxylic acids is 1. The molecule has 1 amide bonds.